The molecule has 4 heteroatoms. The van der Waals surface area contributed by atoms with Gasteiger partial charge in [0.1, 0.15) is 0 Å². The molecule has 0 unspecified atom stereocenters. The van der Waals surface area contributed by atoms with Crippen LogP contribution in [0.2, 0.25) is 0 Å². The summed E-state index contributed by atoms with van der Waals surface area (Å²) in [6, 6.07) is 79.0. The Morgan fingerprint density at radius 3 is 0.500 bits per heavy atom. The van der Waals surface area contributed by atoms with Crippen LogP contribution < -0.4 is 0 Å². The van der Waals surface area contributed by atoms with Gasteiger partial charge < -0.3 is 0 Å². The first-order chi connectivity index (χ1) is 28.7. The molecular formula is C54H36S4. The Labute approximate surface area is 357 Å². The van der Waals surface area contributed by atoms with Crippen molar-refractivity contribution in [3.05, 3.63) is 249 Å². The Hall–Kier alpha value is -5.62. The summed E-state index contributed by atoms with van der Waals surface area (Å²) in [5, 5.41) is 0. The third-order valence-corrected chi connectivity index (χ3v) is 16.3. The summed E-state index contributed by atoms with van der Waals surface area (Å²) in [6.45, 7) is 0. The predicted molar refractivity (Wildman–Crippen MR) is 259 cm³/mol. The van der Waals surface area contributed by atoms with Gasteiger partial charge in [0.25, 0.3) is 0 Å². The van der Waals surface area contributed by atoms with Gasteiger partial charge >= 0.3 is 0 Å². The average molecular weight is 813 g/mol. The third kappa shape index (κ3) is 7.69. The van der Waals surface area contributed by atoms with Crippen LogP contribution in [0.3, 0.4) is 0 Å². The molecule has 0 saturated heterocycles. The van der Waals surface area contributed by atoms with Crippen molar-refractivity contribution < 1.29 is 0 Å². The minimum atomic E-state index is 1.23. The zero-order chi connectivity index (χ0) is 38.7. The fraction of sp³-hybridized carbons (Fsp3) is 0. The van der Waals surface area contributed by atoms with Crippen molar-refractivity contribution in [2.75, 3.05) is 0 Å². The smallest absolute Gasteiger partial charge is 0.0707 e. The standard InChI is InChI=1S/C54H36S4/c1-5-13-37(14-6-1)41-21-29-45(30-22-41)49-50(46-31-23-42(24-32-46)38-15-7-2-8-16-38)56-53(55-49)54-57-51(47-33-25-43(26-34-47)39-17-9-3-10-18-39)52(58-54)48-35-27-44(28-36-48)40-19-11-4-12-20-40/h1-36H. The van der Waals surface area contributed by atoms with Gasteiger partial charge in [0.15, 0.2) is 0 Å². The molecule has 2 aliphatic rings. The van der Waals surface area contributed by atoms with E-state index in [4.69, 9.17) is 0 Å². The van der Waals surface area contributed by atoms with Crippen molar-refractivity contribution in [1.29, 1.82) is 0 Å². The summed E-state index contributed by atoms with van der Waals surface area (Å²) in [7, 11) is 0. The monoisotopic (exact) mass is 812 g/mol. The maximum Gasteiger partial charge on any atom is 0.0707 e. The van der Waals surface area contributed by atoms with Crippen LogP contribution in [0.5, 0.6) is 0 Å². The highest BCUT2D eigenvalue weighted by atomic mass is 32.2. The molecule has 0 aromatic heterocycles. The predicted octanol–water partition coefficient (Wildman–Crippen LogP) is 16.8. The van der Waals surface area contributed by atoms with E-state index < -0.39 is 0 Å². The van der Waals surface area contributed by atoms with E-state index >= 15 is 0 Å². The molecule has 0 bridgehead atoms. The molecule has 0 aliphatic carbocycles. The highest BCUT2D eigenvalue weighted by Crippen LogP contribution is 2.66. The molecule has 2 aliphatic heterocycles. The van der Waals surface area contributed by atoms with Gasteiger partial charge in [-0.2, -0.15) is 0 Å². The molecule has 10 rings (SSSR count). The quantitative estimate of drug-likeness (QED) is 0.150. The molecule has 0 atom stereocenters. The van der Waals surface area contributed by atoms with Crippen LogP contribution in [0.1, 0.15) is 22.3 Å². The summed E-state index contributed by atoms with van der Waals surface area (Å²) in [6.07, 6.45) is 0. The molecular weight excluding hydrogens is 777 g/mol. The summed E-state index contributed by atoms with van der Waals surface area (Å²) in [4.78, 5) is 5.20. The zero-order valence-electron chi connectivity index (χ0n) is 31.4. The number of rotatable bonds is 8. The normalized spacial score (nSPS) is 14.1. The first-order valence-electron chi connectivity index (χ1n) is 19.3. The lowest BCUT2D eigenvalue weighted by Gasteiger charge is -2.09. The van der Waals surface area contributed by atoms with Crippen LogP contribution in [0.15, 0.2) is 227 Å². The van der Waals surface area contributed by atoms with E-state index in [0.717, 1.165) is 0 Å². The van der Waals surface area contributed by atoms with Crippen LogP contribution in [-0.4, -0.2) is 0 Å². The molecule has 0 radical (unpaired) electrons. The van der Waals surface area contributed by atoms with E-state index in [2.05, 4.69) is 218 Å². The lowest BCUT2D eigenvalue weighted by molar-refractivity contribution is 1.58. The highest BCUT2D eigenvalue weighted by molar-refractivity contribution is 8.39. The summed E-state index contributed by atoms with van der Waals surface area (Å²) in [5.74, 6) is 0. The van der Waals surface area contributed by atoms with Crippen molar-refractivity contribution in [3.63, 3.8) is 0 Å². The van der Waals surface area contributed by atoms with E-state index in [-0.39, 0.29) is 0 Å². The zero-order valence-corrected chi connectivity index (χ0v) is 34.7. The fourth-order valence-electron chi connectivity index (χ4n) is 7.30. The molecule has 8 aromatic carbocycles. The van der Waals surface area contributed by atoms with Crippen molar-refractivity contribution in [2.45, 2.75) is 0 Å². The SMILES string of the molecule is c1ccc(-c2ccc(C3=C(c4ccc(-c5ccccc5)cc4)SC(=C4SC(c5ccc(-c6ccccc6)cc5)=C(c5ccc(-c6ccccc6)cc5)S4)S3)cc2)cc1. The van der Waals surface area contributed by atoms with Gasteiger partial charge in [-0.25, -0.2) is 0 Å². The average Bonchev–Trinajstić information content (AvgIpc) is 3.97. The Kier molecular flexibility index (Phi) is 10.6. The van der Waals surface area contributed by atoms with E-state index in [1.54, 1.807) is 0 Å². The third-order valence-electron chi connectivity index (χ3n) is 10.4. The second kappa shape index (κ2) is 16.7. The van der Waals surface area contributed by atoms with E-state index in [9.17, 15) is 0 Å². The molecule has 0 spiro atoms. The molecule has 276 valence electrons. The van der Waals surface area contributed by atoms with Gasteiger partial charge in [0.05, 0.1) is 8.47 Å². The number of thioether (sulfide) groups is 4. The van der Waals surface area contributed by atoms with Crippen molar-refractivity contribution in [2.24, 2.45) is 0 Å². The van der Waals surface area contributed by atoms with Crippen LogP contribution in [0, 0.1) is 0 Å². The van der Waals surface area contributed by atoms with Crippen LogP contribution in [-0.2, 0) is 0 Å². The second-order valence-electron chi connectivity index (χ2n) is 14.1. The minimum absolute atomic E-state index is 1.23. The molecule has 0 N–H and O–H groups in total. The van der Waals surface area contributed by atoms with Gasteiger partial charge in [-0.05, 0) is 66.8 Å². The van der Waals surface area contributed by atoms with Gasteiger partial charge in [-0.1, -0.05) is 265 Å². The lowest BCUT2D eigenvalue weighted by atomic mass is 10.0. The van der Waals surface area contributed by atoms with Gasteiger partial charge in [0.2, 0.25) is 0 Å². The molecule has 0 nitrogen and oxygen atoms in total. The Bertz CT molecular complexity index is 2400. The van der Waals surface area contributed by atoms with Crippen molar-refractivity contribution in [3.8, 4) is 44.5 Å². The first-order valence-corrected chi connectivity index (χ1v) is 22.6. The molecule has 0 fully saturated rings. The minimum Gasteiger partial charge on any atom is -0.0791 e. The van der Waals surface area contributed by atoms with Gasteiger partial charge in [-0.15, -0.1) is 0 Å². The lowest BCUT2D eigenvalue weighted by Crippen LogP contribution is -1.85. The van der Waals surface area contributed by atoms with Crippen molar-refractivity contribution in [1.82, 2.24) is 0 Å². The van der Waals surface area contributed by atoms with E-state index in [0.29, 0.717) is 0 Å². The number of hydrogen-bond acceptors (Lipinski definition) is 4. The largest absolute Gasteiger partial charge is 0.0791 e. The maximum absolute atomic E-state index is 2.30. The molecule has 8 aromatic rings. The Morgan fingerprint density at radius 2 is 0.310 bits per heavy atom. The van der Waals surface area contributed by atoms with Crippen LogP contribution >= 0.6 is 47.0 Å². The molecule has 0 saturated carbocycles. The number of hydrogen-bond donors (Lipinski definition) is 0. The number of benzene rings is 8. The summed E-state index contributed by atoms with van der Waals surface area (Å²) < 4.78 is 2.65. The second-order valence-corrected chi connectivity index (χ2v) is 18.7. The Morgan fingerprint density at radius 1 is 0.155 bits per heavy atom. The van der Waals surface area contributed by atoms with Gasteiger partial charge in [0, 0.05) is 19.6 Å². The van der Waals surface area contributed by atoms with Gasteiger partial charge in [-0.3, -0.25) is 0 Å². The molecule has 0 amide bonds. The molecule has 58 heavy (non-hydrogen) atoms. The van der Waals surface area contributed by atoms with E-state index in [1.807, 2.05) is 47.0 Å². The Balaban J connectivity index is 1.02. The highest BCUT2D eigenvalue weighted by Gasteiger charge is 2.32. The van der Waals surface area contributed by atoms with E-state index in [1.165, 1.54) is 94.9 Å². The maximum atomic E-state index is 2.30. The van der Waals surface area contributed by atoms with Crippen LogP contribution in [0.25, 0.3) is 64.1 Å². The summed E-state index contributed by atoms with van der Waals surface area (Å²) in [5.41, 5.74) is 14.8. The fourth-order valence-corrected chi connectivity index (χ4v) is 13.1. The van der Waals surface area contributed by atoms with Crippen LogP contribution in [0.4, 0.5) is 0 Å². The topological polar surface area (TPSA) is 0 Å². The van der Waals surface area contributed by atoms with Crippen molar-refractivity contribution >= 4 is 66.7 Å². The molecule has 2 heterocycles. The first kappa shape index (κ1) is 36.7. The summed E-state index contributed by atoms with van der Waals surface area (Å²) >= 11 is 7.66.